The van der Waals surface area contributed by atoms with Crippen molar-refractivity contribution in [3.63, 3.8) is 0 Å². The number of thioether (sulfide) groups is 1. The number of carboxylic acids is 1. The Balaban J connectivity index is 2.76. The highest BCUT2D eigenvalue weighted by molar-refractivity contribution is 8.01. The number of hydrogen-bond donors (Lipinski definition) is 2. The van der Waals surface area contributed by atoms with Gasteiger partial charge in [0.1, 0.15) is 0 Å². The lowest BCUT2D eigenvalue weighted by molar-refractivity contribution is -0.140. The van der Waals surface area contributed by atoms with E-state index in [0.717, 1.165) is 11.8 Å². The minimum atomic E-state index is -1.61. The van der Waals surface area contributed by atoms with E-state index in [1.54, 1.807) is 0 Å². The molecule has 2 N–H and O–H groups in total. The number of nitroso groups, excluding NO2 is 1. The summed E-state index contributed by atoms with van der Waals surface area (Å²) >= 11 is 1.01. The number of carboxylic acid groups (broad SMARTS) is 1. The Bertz CT molecular complexity index is 166. The van der Waals surface area contributed by atoms with E-state index in [9.17, 15) is 9.70 Å². The molecule has 10 heavy (non-hydrogen) atoms. The van der Waals surface area contributed by atoms with Gasteiger partial charge in [0.15, 0.2) is 0 Å². The van der Waals surface area contributed by atoms with Crippen molar-refractivity contribution in [3.8, 4) is 0 Å². The van der Waals surface area contributed by atoms with Crippen LogP contribution in [0.2, 0.25) is 0 Å². The van der Waals surface area contributed by atoms with E-state index < -0.39 is 11.0 Å². The Hall–Kier alpha value is -0.620. The lowest BCUT2D eigenvalue weighted by Gasteiger charge is -2.12. The maximum atomic E-state index is 10.4. The quantitative estimate of drug-likeness (QED) is 0.551. The maximum Gasteiger partial charge on any atom is 0.361 e. The first-order chi connectivity index (χ1) is 4.71. The number of aliphatic carboxylic acids is 1. The molecule has 1 unspecified atom stereocenters. The van der Waals surface area contributed by atoms with Crippen molar-refractivity contribution in [2.45, 2.75) is 4.99 Å². The average Bonchev–Trinajstić information content (AvgIpc) is 2.35. The molecule has 56 valence electrons. The van der Waals surface area contributed by atoms with Gasteiger partial charge in [0.2, 0.25) is 0 Å². The van der Waals surface area contributed by atoms with E-state index in [1.165, 1.54) is 0 Å². The van der Waals surface area contributed by atoms with Crippen LogP contribution < -0.4 is 5.32 Å². The molecule has 0 aromatic rings. The van der Waals surface area contributed by atoms with Crippen LogP contribution in [-0.2, 0) is 4.79 Å². The molecule has 1 heterocycles. The summed E-state index contributed by atoms with van der Waals surface area (Å²) in [6.07, 6.45) is 0. The molecular formula is C4H6N2O3S. The summed E-state index contributed by atoms with van der Waals surface area (Å²) in [6.45, 7) is 0.517. The molecule has 0 aromatic carbocycles. The fraction of sp³-hybridized carbons (Fsp3) is 0.750. The van der Waals surface area contributed by atoms with E-state index >= 15 is 0 Å². The van der Waals surface area contributed by atoms with Crippen molar-refractivity contribution in [1.82, 2.24) is 5.32 Å². The molecule has 1 aliphatic heterocycles. The number of hydrogen-bond acceptors (Lipinski definition) is 5. The second-order valence-electron chi connectivity index (χ2n) is 1.82. The van der Waals surface area contributed by atoms with Gasteiger partial charge < -0.3 is 5.11 Å². The van der Waals surface area contributed by atoms with Gasteiger partial charge in [-0.2, -0.15) is 0 Å². The Morgan fingerprint density at radius 3 is 2.70 bits per heavy atom. The van der Waals surface area contributed by atoms with Gasteiger partial charge in [-0.05, 0) is 5.18 Å². The molecule has 5 nitrogen and oxygen atoms in total. The second kappa shape index (κ2) is 2.55. The summed E-state index contributed by atoms with van der Waals surface area (Å²) < 4.78 is 0. The van der Waals surface area contributed by atoms with Crippen LogP contribution in [0.1, 0.15) is 0 Å². The van der Waals surface area contributed by atoms with Gasteiger partial charge in [0.05, 0.1) is 0 Å². The van der Waals surface area contributed by atoms with Crippen molar-refractivity contribution in [2.24, 2.45) is 5.18 Å². The molecule has 0 amide bonds. The van der Waals surface area contributed by atoms with Crippen molar-refractivity contribution in [3.05, 3.63) is 4.91 Å². The molecule has 0 bridgehead atoms. The molecular weight excluding hydrogens is 156 g/mol. The molecule has 0 aliphatic carbocycles. The van der Waals surface area contributed by atoms with Crippen LogP contribution in [0, 0.1) is 4.91 Å². The van der Waals surface area contributed by atoms with Gasteiger partial charge in [-0.15, -0.1) is 4.91 Å². The smallest absolute Gasteiger partial charge is 0.361 e. The van der Waals surface area contributed by atoms with Crippen LogP contribution in [0.3, 0.4) is 0 Å². The number of carbonyl (C=O) groups is 1. The predicted molar refractivity (Wildman–Crippen MR) is 36.6 cm³/mol. The predicted octanol–water partition coefficient (Wildman–Crippen LogP) is -0.172. The molecule has 1 fully saturated rings. The minimum absolute atomic E-state index is 0.517. The summed E-state index contributed by atoms with van der Waals surface area (Å²) in [5.74, 6) is -0.608. The van der Waals surface area contributed by atoms with E-state index in [-0.39, 0.29) is 0 Å². The monoisotopic (exact) mass is 162 g/mol. The molecule has 0 saturated carbocycles. The zero-order valence-corrected chi connectivity index (χ0v) is 5.85. The normalized spacial score (nSPS) is 32.0. The first-order valence-electron chi connectivity index (χ1n) is 2.68. The third-order valence-corrected chi connectivity index (χ3v) is 2.42. The van der Waals surface area contributed by atoms with E-state index in [0.29, 0.717) is 12.3 Å². The SMILES string of the molecule is O=NC1(C(=O)O)NCCS1. The van der Waals surface area contributed by atoms with Gasteiger partial charge in [0, 0.05) is 12.3 Å². The maximum absolute atomic E-state index is 10.4. The van der Waals surface area contributed by atoms with E-state index in [4.69, 9.17) is 5.11 Å². The minimum Gasteiger partial charge on any atom is -0.478 e. The molecule has 0 spiro atoms. The van der Waals surface area contributed by atoms with Gasteiger partial charge in [-0.25, -0.2) is 4.79 Å². The zero-order chi connectivity index (χ0) is 7.61. The third-order valence-electron chi connectivity index (χ3n) is 1.20. The summed E-state index contributed by atoms with van der Waals surface area (Å²) in [7, 11) is 0. The Kier molecular flexibility index (Phi) is 1.91. The van der Waals surface area contributed by atoms with E-state index in [1.807, 2.05) is 0 Å². The molecule has 0 aromatic heterocycles. The van der Waals surface area contributed by atoms with E-state index in [2.05, 4.69) is 10.5 Å². The molecule has 1 aliphatic rings. The first-order valence-corrected chi connectivity index (χ1v) is 3.67. The van der Waals surface area contributed by atoms with Crippen LogP contribution in [0.15, 0.2) is 5.18 Å². The van der Waals surface area contributed by atoms with Crippen LogP contribution in [0.5, 0.6) is 0 Å². The largest absolute Gasteiger partial charge is 0.478 e. The van der Waals surface area contributed by atoms with Crippen LogP contribution in [0.4, 0.5) is 0 Å². The van der Waals surface area contributed by atoms with Crippen molar-refractivity contribution in [1.29, 1.82) is 0 Å². The second-order valence-corrected chi connectivity index (χ2v) is 3.10. The number of rotatable bonds is 2. The molecule has 6 heteroatoms. The van der Waals surface area contributed by atoms with Crippen molar-refractivity contribution < 1.29 is 9.90 Å². The Labute approximate surface area is 61.2 Å². The zero-order valence-electron chi connectivity index (χ0n) is 5.03. The molecule has 1 saturated heterocycles. The highest BCUT2D eigenvalue weighted by atomic mass is 32.2. The topological polar surface area (TPSA) is 78.8 Å². The van der Waals surface area contributed by atoms with Gasteiger partial charge in [-0.3, -0.25) is 5.32 Å². The average molecular weight is 162 g/mol. The number of nitrogens with one attached hydrogen (secondary N) is 1. The van der Waals surface area contributed by atoms with Crippen LogP contribution in [-0.4, -0.2) is 28.4 Å². The lowest BCUT2D eigenvalue weighted by atomic mass is 10.5. The molecule has 1 atom stereocenters. The summed E-state index contributed by atoms with van der Waals surface area (Å²) in [6, 6.07) is 0. The first kappa shape index (κ1) is 7.49. The summed E-state index contributed by atoms with van der Waals surface area (Å²) in [5.41, 5.74) is 0. The Morgan fingerprint density at radius 1 is 1.80 bits per heavy atom. The van der Waals surface area contributed by atoms with Gasteiger partial charge >= 0.3 is 5.97 Å². The van der Waals surface area contributed by atoms with Crippen LogP contribution >= 0.6 is 11.8 Å². The lowest BCUT2D eigenvalue weighted by Crippen LogP contribution is -2.42. The molecule has 1 rings (SSSR count). The standard InChI is InChI=1S/C4H6N2O3S/c7-3(8)4(6-9)5-1-2-10-4/h5H,1-2H2,(H,7,8). The van der Waals surface area contributed by atoms with Gasteiger partial charge in [0.25, 0.3) is 4.99 Å². The molecule has 0 radical (unpaired) electrons. The van der Waals surface area contributed by atoms with Crippen LogP contribution in [0.25, 0.3) is 0 Å². The fourth-order valence-corrected chi connectivity index (χ4v) is 1.59. The fourth-order valence-electron chi connectivity index (χ4n) is 0.705. The van der Waals surface area contributed by atoms with Crippen molar-refractivity contribution >= 4 is 17.7 Å². The highest BCUT2D eigenvalue weighted by Gasteiger charge is 2.44. The van der Waals surface area contributed by atoms with Gasteiger partial charge in [-0.1, -0.05) is 11.8 Å². The highest BCUT2D eigenvalue weighted by Crippen LogP contribution is 2.28. The Morgan fingerprint density at radius 2 is 2.50 bits per heavy atom. The number of nitrogens with zero attached hydrogens (tertiary/aromatic N) is 1. The summed E-state index contributed by atoms with van der Waals surface area (Å²) in [5, 5.41) is 13.5. The third kappa shape index (κ3) is 0.994. The summed E-state index contributed by atoms with van der Waals surface area (Å²) in [4.78, 5) is 18.8. The van der Waals surface area contributed by atoms with Crippen molar-refractivity contribution in [2.75, 3.05) is 12.3 Å².